The van der Waals surface area contributed by atoms with Gasteiger partial charge in [0.15, 0.2) is 0 Å². The Morgan fingerprint density at radius 2 is 1.77 bits per heavy atom. The summed E-state index contributed by atoms with van der Waals surface area (Å²) in [5.41, 5.74) is -3.02. The van der Waals surface area contributed by atoms with Crippen molar-refractivity contribution in [3.63, 3.8) is 0 Å². The molecule has 0 unspecified atom stereocenters. The third kappa shape index (κ3) is 6.15. The van der Waals surface area contributed by atoms with E-state index in [0.717, 1.165) is 11.8 Å². The van der Waals surface area contributed by atoms with E-state index in [4.69, 9.17) is 4.74 Å². The van der Waals surface area contributed by atoms with Gasteiger partial charge in [0.05, 0.1) is 21.6 Å². The molecule has 0 aliphatic carbocycles. The number of rotatable bonds is 5. The fourth-order valence-corrected chi connectivity index (χ4v) is 3.88. The van der Waals surface area contributed by atoms with Gasteiger partial charge in [-0.1, -0.05) is 12.1 Å². The second kappa shape index (κ2) is 10.0. The van der Waals surface area contributed by atoms with Crippen molar-refractivity contribution < 1.29 is 40.7 Å². The van der Waals surface area contributed by atoms with E-state index in [1.165, 1.54) is 25.2 Å². The molecule has 6 nitrogen and oxygen atoms in total. The van der Waals surface area contributed by atoms with Gasteiger partial charge >= 0.3 is 17.6 Å². The molecule has 35 heavy (non-hydrogen) atoms. The van der Waals surface area contributed by atoms with Crippen LogP contribution in [0.1, 0.15) is 32.6 Å². The van der Waals surface area contributed by atoms with E-state index in [-0.39, 0.29) is 17.4 Å². The van der Waals surface area contributed by atoms with Crippen molar-refractivity contribution in [1.29, 1.82) is 0 Å². The molecule has 1 aliphatic rings. The average molecular weight is 517 g/mol. The monoisotopic (exact) mass is 517 g/mol. The number of amides is 2. The number of benzene rings is 2. The Morgan fingerprint density at radius 3 is 2.37 bits per heavy atom. The number of carbonyl (C=O) groups excluding carboxylic acids is 2. The molecule has 2 amide bonds. The lowest BCUT2D eigenvalue weighted by Crippen LogP contribution is -2.19. The number of aliphatic imine (C=N–C) groups is 1. The fourth-order valence-electron chi connectivity index (χ4n) is 3.11. The second-order valence-corrected chi connectivity index (χ2v) is 8.07. The quantitative estimate of drug-likeness (QED) is 0.513. The van der Waals surface area contributed by atoms with Gasteiger partial charge in [0, 0.05) is 19.7 Å². The molecule has 1 aliphatic heterocycles. The number of amidine groups is 1. The topological polar surface area (TPSA) is 79.8 Å². The summed E-state index contributed by atoms with van der Waals surface area (Å²) in [7, 11) is 2.92. The molecule has 1 heterocycles. The number of alkyl halides is 6. The molecule has 0 atom stereocenters. The van der Waals surface area contributed by atoms with Gasteiger partial charge in [0.2, 0.25) is 0 Å². The molecule has 0 fully saturated rings. The molecule has 0 radical (unpaired) electrons. The molecule has 2 N–H and O–H groups in total. The molecular formula is C22H17F6N3O3S. The zero-order valence-corrected chi connectivity index (χ0v) is 18.9. The van der Waals surface area contributed by atoms with Crippen molar-refractivity contribution in [3.8, 4) is 5.75 Å². The highest BCUT2D eigenvalue weighted by Gasteiger charge is 2.38. The Kier molecular flexibility index (Phi) is 7.48. The highest BCUT2D eigenvalue weighted by molar-refractivity contribution is 8.18. The van der Waals surface area contributed by atoms with Crippen LogP contribution in [0.25, 0.3) is 6.08 Å². The standard InChI is InChI=1S/C22H17F6N3O3S/c1-29-18-17(35-20(33)31-18)8-11-3-6-16(14(7-11)19(32)30-2)34-10-12-4-5-13(21(23,24)25)9-15(12)22(26,27)28/h3-9H,10H2,1-2H3,(H,30,32)(H,29,31,33). The molecule has 13 heteroatoms. The van der Waals surface area contributed by atoms with E-state index >= 15 is 0 Å². The van der Waals surface area contributed by atoms with Gasteiger partial charge in [-0.25, -0.2) is 0 Å². The van der Waals surface area contributed by atoms with Crippen molar-refractivity contribution in [2.24, 2.45) is 4.99 Å². The van der Waals surface area contributed by atoms with Crippen molar-refractivity contribution in [1.82, 2.24) is 10.6 Å². The second-order valence-electron chi connectivity index (χ2n) is 7.08. The summed E-state index contributed by atoms with van der Waals surface area (Å²) in [6.07, 6.45) is -8.42. The van der Waals surface area contributed by atoms with Gasteiger partial charge in [-0.2, -0.15) is 31.3 Å². The molecule has 0 aromatic heterocycles. The van der Waals surface area contributed by atoms with Gasteiger partial charge in [0.25, 0.3) is 5.91 Å². The molecular weight excluding hydrogens is 500 g/mol. The predicted octanol–water partition coefficient (Wildman–Crippen LogP) is 5.49. The van der Waals surface area contributed by atoms with Crippen LogP contribution in [0.15, 0.2) is 46.3 Å². The first kappa shape index (κ1) is 26.1. The van der Waals surface area contributed by atoms with E-state index in [1.54, 1.807) is 13.1 Å². The summed E-state index contributed by atoms with van der Waals surface area (Å²) in [5, 5.41) is 4.73. The third-order valence-corrected chi connectivity index (χ3v) is 5.57. The van der Waals surface area contributed by atoms with E-state index in [2.05, 4.69) is 15.6 Å². The van der Waals surface area contributed by atoms with Crippen LogP contribution in [-0.4, -0.2) is 31.1 Å². The summed E-state index contributed by atoms with van der Waals surface area (Å²) in [6, 6.07) is 5.49. The number of hydrogen-bond donors (Lipinski definition) is 2. The number of nitrogens with one attached hydrogen (secondary N) is 2. The van der Waals surface area contributed by atoms with E-state index < -0.39 is 46.8 Å². The lowest BCUT2D eigenvalue weighted by Gasteiger charge is -2.17. The first-order valence-electron chi connectivity index (χ1n) is 9.80. The minimum atomic E-state index is -5.05. The smallest absolute Gasteiger partial charge is 0.416 e. The van der Waals surface area contributed by atoms with Gasteiger partial charge in [0.1, 0.15) is 18.2 Å². The van der Waals surface area contributed by atoms with Gasteiger partial charge in [-0.15, -0.1) is 0 Å². The van der Waals surface area contributed by atoms with Crippen LogP contribution in [0, 0.1) is 0 Å². The maximum atomic E-state index is 13.4. The van der Waals surface area contributed by atoms with Crippen molar-refractivity contribution >= 4 is 34.8 Å². The molecule has 2 aromatic carbocycles. The lowest BCUT2D eigenvalue weighted by atomic mass is 10.0. The number of thioether (sulfide) groups is 1. The minimum Gasteiger partial charge on any atom is -0.488 e. The fraction of sp³-hybridized carbons (Fsp3) is 0.227. The number of hydrogen-bond acceptors (Lipinski definition) is 5. The van der Waals surface area contributed by atoms with E-state index in [1.807, 2.05) is 0 Å². The molecule has 0 spiro atoms. The lowest BCUT2D eigenvalue weighted by molar-refractivity contribution is -0.143. The Hall–Kier alpha value is -3.48. The number of nitrogens with zero attached hydrogens (tertiary/aromatic N) is 1. The summed E-state index contributed by atoms with van der Waals surface area (Å²) in [6.45, 7) is -0.738. The van der Waals surface area contributed by atoms with E-state index in [0.29, 0.717) is 28.4 Å². The zero-order chi connectivity index (χ0) is 26.0. The maximum Gasteiger partial charge on any atom is 0.416 e. The molecule has 0 saturated heterocycles. The van der Waals surface area contributed by atoms with Gasteiger partial charge < -0.3 is 15.4 Å². The Bertz CT molecular complexity index is 1220. The van der Waals surface area contributed by atoms with Crippen molar-refractivity contribution in [2.45, 2.75) is 19.0 Å². The van der Waals surface area contributed by atoms with Crippen LogP contribution in [0.4, 0.5) is 31.1 Å². The molecule has 2 aromatic rings. The predicted molar refractivity (Wildman–Crippen MR) is 118 cm³/mol. The van der Waals surface area contributed by atoms with Gasteiger partial charge in [-0.3, -0.25) is 9.59 Å². The van der Waals surface area contributed by atoms with Crippen LogP contribution >= 0.6 is 11.8 Å². The van der Waals surface area contributed by atoms with Crippen LogP contribution in [0.2, 0.25) is 0 Å². The van der Waals surface area contributed by atoms with Crippen LogP contribution < -0.4 is 15.4 Å². The average Bonchev–Trinajstić information content (AvgIpc) is 3.15. The number of halogens is 6. The minimum absolute atomic E-state index is 0.0229. The third-order valence-electron chi connectivity index (χ3n) is 4.77. The Balaban J connectivity index is 1.93. The van der Waals surface area contributed by atoms with Crippen molar-refractivity contribution in [2.75, 3.05) is 14.1 Å². The zero-order valence-electron chi connectivity index (χ0n) is 18.1. The molecule has 3 rings (SSSR count). The molecule has 0 bridgehead atoms. The number of ether oxygens (including phenoxy) is 1. The number of likely N-dealkylation sites (N-methyl/N-ethyl adjacent to an activating group) is 1. The van der Waals surface area contributed by atoms with E-state index in [9.17, 15) is 35.9 Å². The first-order valence-corrected chi connectivity index (χ1v) is 10.6. The summed E-state index contributed by atoms with van der Waals surface area (Å²) >= 11 is 0.869. The Labute approximate surface area is 199 Å². The molecule has 186 valence electrons. The van der Waals surface area contributed by atoms with Gasteiger partial charge in [-0.05, 0) is 47.7 Å². The summed E-state index contributed by atoms with van der Waals surface area (Å²) < 4.78 is 84.3. The van der Waals surface area contributed by atoms with Crippen molar-refractivity contribution in [3.05, 3.63) is 69.1 Å². The maximum absolute atomic E-state index is 13.4. The van der Waals surface area contributed by atoms with Crippen LogP contribution in [0.5, 0.6) is 5.75 Å². The normalized spacial score (nSPS) is 15.3. The highest BCUT2D eigenvalue weighted by atomic mass is 32.2. The molecule has 0 saturated carbocycles. The van der Waals surface area contributed by atoms with Crippen LogP contribution in [0.3, 0.4) is 0 Å². The number of carbonyl (C=O) groups is 2. The SMILES string of the molecule is CNC(=O)c1cc(C=C2SC(=O)N=C2NC)ccc1OCc1ccc(C(F)(F)F)cc1C(F)(F)F. The first-order chi connectivity index (χ1) is 16.3. The highest BCUT2D eigenvalue weighted by Crippen LogP contribution is 2.38. The largest absolute Gasteiger partial charge is 0.488 e. The summed E-state index contributed by atoms with van der Waals surface area (Å²) in [5.74, 6) is -0.359. The van der Waals surface area contributed by atoms with Crippen LogP contribution in [-0.2, 0) is 19.0 Å². The summed E-state index contributed by atoms with van der Waals surface area (Å²) in [4.78, 5) is 28.2. The Morgan fingerprint density at radius 1 is 1.06 bits per heavy atom.